The fourth-order valence-corrected chi connectivity index (χ4v) is 2.18. The molecule has 0 radical (unpaired) electrons. The normalized spacial score (nSPS) is 13.6. The molecule has 110 valence electrons. The van der Waals surface area contributed by atoms with Crippen LogP contribution in [0.25, 0.3) is 0 Å². The van der Waals surface area contributed by atoms with E-state index < -0.39 is 23.1 Å². The van der Waals surface area contributed by atoms with Crippen molar-refractivity contribution in [1.82, 2.24) is 0 Å². The van der Waals surface area contributed by atoms with Crippen molar-refractivity contribution in [2.75, 3.05) is 5.32 Å². The first kappa shape index (κ1) is 16.6. The van der Waals surface area contributed by atoms with E-state index in [1.807, 2.05) is 6.92 Å². The van der Waals surface area contributed by atoms with Crippen molar-refractivity contribution in [2.45, 2.75) is 33.1 Å². The van der Waals surface area contributed by atoms with Crippen molar-refractivity contribution in [2.24, 2.45) is 5.41 Å². The van der Waals surface area contributed by atoms with Crippen molar-refractivity contribution in [3.63, 3.8) is 0 Å². The van der Waals surface area contributed by atoms with Crippen LogP contribution in [-0.4, -0.2) is 17.0 Å². The molecule has 20 heavy (non-hydrogen) atoms. The molecule has 0 aliphatic heterocycles. The van der Waals surface area contributed by atoms with Gasteiger partial charge in [-0.15, -0.1) is 0 Å². The summed E-state index contributed by atoms with van der Waals surface area (Å²) in [6.45, 7) is 3.56. The van der Waals surface area contributed by atoms with E-state index in [0.29, 0.717) is 10.9 Å². The van der Waals surface area contributed by atoms with Gasteiger partial charge in [0.2, 0.25) is 5.91 Å². The molecular weight excluding hydrogens is 329 g/mol. The maximum absolute atomic E-state index is 13.6. The Bertz CT molecular complexity index is 521. The highest BCUT2D eigenvalue weighted by atomic mass is 79.9. The number of hydrogen-bond acceptors (Lipinski definition) is 2. The first-order valence-corrected chi connectivity index (χ1v) is 7.02. The number of halogens is 2. The Morgan fingerprint density at radius 1 is 1.40 bits per heavy atom. The van der Waals surface area contributed by atoms with E-state index in [0.717, 1.165) is 0 Å². The van der Waals surface area contributed by atoms with Crippen LogP contribution in [0.2, 0.25) is 0 Å². The summed E-state index contributed by atoms with van der Waals surface area (Å²) in [7, 11) is 0. The molecule has 0 unspecified atom stereocenters. The van der Waals surface area contributed by atoms with Crippen LogP contribution in [-0.2, 0) is 9.59 Å². The van der Waals surface area contributed by atoms with Gasteiger partial charge in [0.25, 0.3) is 0 Å². The van der Waals surface area contributed by atoms with Gasteiger partial charge in [0.05, 0.1) is 12.1 Å². The minimum Gasteiger partial charge on any atom is -0.481 e. The first-order chi connectivity index (χ1) is 9.25. The predicted molar refractivity (Wildman–Crippen MR) is 78.0 cm³/mol. The number of anilines is 1. The van der Waals surface area contributed by atoms with Gasteiger partial charge in [-0.05, 0) is 30.0 Å². The second-order valence-corrected chi connectivity index (χ2v) is 6.00. The van der Waals surface area contributed by atoms with Gasteiger partial charge in [-0.2, -0.15) is 0 Å². The fourth-order valence-electron chi connectivity index (χ4n) is 1.85. The third-order valence-electron chi connectivity index (χ3n) is 3.22. The molecule has 0 fully saturated rings. The molecule has 4 nitrogen and oxygen atoms in total. The average molecular weight is 346 g/mol. The van der Waals surface area contributed by atoms with Gasteiger partial charge in [0.15, 0.2) is 0 Å². The molecule has 0 aromatic heterocycles. The SMILES string of the molecule is CC[C@@](C)(CC(=O)O)CC(=O)Nc1ccc(Br)cc1F. The Morgan fingerprint density at radius 2 is 2.05 bits per heavy atom. The Kier molecular flexibility index (Phi) is 5.68. The van der Waals surface area contributed by atoms with Crippen LogP contribution < -0.4 is 5.32 Å². The minimum absolute atomic E-state index is 0.0330. The van der Waals surface area contributed by atoms with Crippen LogP contribution in [0.15, 0.2) is 22.7 Å². The van der Waals surface area contributed by atoms with Gasteiger partial charge in [-0.25, -0.2) is 4.39 Å². The Hall–Kier alpha value is -1.43. The highest BCUT2D eigenvalue weighted by molar-refractivity contribution is 9.10. The first-order valence-electron chi connectivity index (χ1n) is 6.22. The van der Waals surface area contributed by atoms with Crippen molar-refractivity contribution >= 4 is 33.5 Å². The lowest BCUT2D eigenvalue weighted by Crippen LogP contribution is -2.27. The van der Waals surface area contributed by atoms with E-state index in [1.54, 1.807) is 13.0 Å². The van der Waals surface area contributed by atoms with Crippen molar-refractivity contribution in [1.29, 1.82) is 0 Å². The van der Waals surface area contributed by atoms with E-state index >= 15 is 0 Å². The number of carboxylic acids is 1. The van der Waals surface area contributed by atoms with Crippen molar-refractivity contribution < 1.29 is 19.1 Å². The van der Waals surface area contributed by atoms with Crippen LogP contribution in [0.4, 0.5) is 10.1 Å². The molecule has 0 saturated carbocycles. The Labute approximate surface area is 125 Å². The van der Waals surface area contributed by atoms with Crippen LogP contribution in [0.1, 0.15) is 33.1 Å². The molecule has 0 aliphatic carbocycles. The summed E-state index contributed by atoms with van der Waals surface area (Å²) in [5.41, 5.74) is -0.547. The van der Waals surface area contributed by atoms with E-state index in [2.05, 4.69) is 21.2 Å². The predicted octanol–water partition coefficient (Wildman–Crippen LogP) is 3.81. The number of carbonyl (C=O) groups excluding carboxylic acids is 1. The standard InChI is InChI=1S/C14H17BrFNO3/c1-3-14(2,8-13(19)20)7-12(18)17-11-5-4-9(15)6-10(11)16/h4-6H,3,7-8H2,1-2H3,(H,17,18)(H,19,20)/t14-/m1/s1. The van der Waals surface area contributed by atoms with E-state index in [1.165, 1.54) is 12.1 Å². The lowest BCUT2D eigenvalue weighted by atomic mass is 9.80. The van der Waals surface area contributed by atoms with E-state index in [4.69, 9.17) is 5.11 Å². The monoisotopic (exact) mass is 345 g/mol. The highest BCUT2D eigenvalue weighted by Gasteiger charge is 2.28. The molecule has 1 amide bonds. The summed E-state index contributed by atoms with van der Waals surface area (Å²) in [6, 6.07) is 4.33. The third-order valence-corrected chi connectivity index (χ3v) is 3.72. The number of amides is 1. The Morgan fingerprint density at radius 3 is 2.55 bits per heavy atom. The smallest absolute Gasteiger partial charge is 0.303 e. The molecule has 1 atom stereocenters. The molecule has 0 spiro atoms. The molecule has 1 aromatic carbocycles. The van der Waals surface area contributed by atoms with Gasteiger partial charge in [0.1, 0.15) is 5.82 Å². The van der Waals surface area contributed by atoms with Crippen LogP contribution >= 0.6 is 15.9 Å². The molecule has 1 rings (SSSR count). The van der Waals surface area contributed by atoms with Gasteiger partial charge in [-0.1, -0.05) is 29.8 Å². The number of nitrogens with one attached hydrogen (secondary N) is 1. The largest absolute Gasteiger partial charge is 0.481 e. The fraction of sp³-hybridized carbons (Fsp3) is 0.429. The zero-order valence-electron chi connectivity index (χ0n) is 11.4. The summed E-state index contributed by atoms with van der Waals surface area (Å²) < 4.78 is 14.2. The number of aliphatic carboxylic acids is 1. The third kappa shape index (κ3) is 4.92. The zero-order chi connectivity index (χ0) is 15.3. The lowest BCUT2D eigenvalue weighted by Gasteiger charge is -2.25. The Balaban J connectivity index is 2.73. The summed E-state index contributed by atoms with van der Waals surface area (Å²) in [5.74, 6) is -1.88. The molecule has 0 heterocycles. The molecule has 0 saturated heterocycles. The van der Waals surface area contributed by atoms with E-state index in [9.17, 15) is 14.0 Å². The second kappa shape index (κ2) is 6.83. The van der Waals surface area contributed by atoms with E-state index in [-0.39, 0.29) is 18.5 Å². The second-order valence-electron chi connectivity index (χ2n) is 5.08. The maximum Gasteiger partial charge on any atom is 0.303 e. The number of hydrogen-bond donors (Lipinski definition) is 2. The van der Waals surface area contributed by atoms with Crippen LogP contribution in [0.5, 0.6) is 0 Å². The number of benzene rings is 1. The zero-order valence-corrected chi connectivity index (χ0v) is 13.0. The van der Waals surface area contributed by atoms with Crippen LogP contribution in [0, 0.1) is 11.2 Å². The lowest BCUT2D eigenvalue weighted by molar-refractivity contribution is -0.140. The van der Waals surface area contributed by atoms with Gasteiger partial charge in [-0.3, -0.25) is 9.59 Å². The average Bonchev–Trinajstić information content (AvgIpc) is 2.31. The van der Waals surface area contributed by atoms with Gasteiger partial charge in [0, 0.05) is 10.9 Å². The van der Waals surface area contributed by atoms with Crippen molar-refractivity contribution in [3.05, 3.63) is 28.5 Å². The maximum atomic E-state index is 13.6. The molecule has 1 aromatic rings. The van der Waals surface area contributed by atoms with Gasteiger partial charge >= 0.3 is 5.97 Å². The molecule has 6 heteroatoms. The summed E-state index contributed by atoms with van der Waals surface area (Å²) >= 11 is 3.13. The highest BCUT2D eigenvalue weighted by Crippen LogP contribution is 2.30. The number of carboxylic acid groups (broad SMARTS) is 1. The molecule has 0 bridgehead atoms. The quantitative estimate of drug-likeness (QED) is 0.823. The molecule has 0 aliphatic rings. The minimum atomic E-state index is -0.947. The number of carbonyl (C=O) groups is 2. The topological polar surface area (TPSA) is 66.4 Å². The molecular formula is C14H17BrFNO3. The molecule has 2 N–H and O–H groups in total. The summed E-state index contributed by atoms with van der Waals surface area (Å²) in [6.07, 6.45) is 0.487. The van der Waals surface area contributed by atoms with Gasteiger partial charge < -0.3 is 10.4 Å². The summed E-state index contributed by atoms with van der Waals surface area (Å²) in [4.78, 5) is 22.7. The number of rotatable bonds is 6. The van der Waals surface area contributed by atoms with Crippen LogP contribution in [0.3, 0.4) is 0 Å². The van der Waals surface area contributed by atoms with Crippen molar-refractivity contribution in [3.8, 4) is 0 Å². The summed E-state index contributed by atoms with van der Waals surface area (Å²) in [5, 5.41) is 11.3.